The topological polar surface area (TPSA) is 108 Å². The van der Waals surface area contributed by atoms with Crippen LogP contribution in [-0.2, 0) is 26.6 Å². The molecule has 1 amide bonds. The quantitative estimate of drug-likeness (QED) is 0.315. The lowest BCUT2D eigenvalue weighted by Crippen LogP contribution is -2.52. The molecule has 7 rings (SSSR count). The lowest BCUT2D eigenvalue weighted by molar-refractivity contribution is -0.00339. The van der Waals surface area contributed by atoms with Gasteiger partial charge in [0, 0.05) is 48.1 Å². The number of carbonyl (C=O) groups is 1. The number of morpholine rings is 1. The van der Waals surface area contributed by atoms with Gasteiger partial charge < -0.3 is 19.5 Å². The van der Waals surface area contributed by atoms with Crippen molar-refractivity contribution >= 4 is 33.2 Å². The number of rotatable bonds is 1. The summed E-state index contributed by atoms with van der Waals surface area (Å²) in [5.74, 6) is 6.27. The van der Waals surface area contributed by atoms with Crippen molar-refractivity contribution < 1.29 is 27.8 Å². The third-order valence-corrected chi connectivity index (χ3v) is 14.0. The van der Waals surface area contributed by atoms with Crippen LogP contribution in [0.1, 0.15) is 67.4 Å². The van der Waals surface area contributed by atoms with E-state index in [1.165, 1.54) is 11.1 Å². The molecule has 50 heavy (non-hydrogen) atoms. The molecule has 1 saturated heterocycles. The Morgan fingerprint density at radius 2 is 1.94 bits per heavy atom. The molecule has 2 aliphatic carbocycles. The summed E-state index contributed by atoms with van der Waals surface area (Å²) in [5, 5.41) is 12.3. The normalized spacial score (nSPS) is 33.3. The van der Waals surface area contributed by atoms with Gasteiger partial charge in [-0.15, -0.1) is 0 Å². The molecule has 0 unspecified atom stereocenters. The standard InChI is InChI=1S/C39H48ClN3O6S/c1-27-6-3-15-39(45,16-5-17-42-18-20-48-21-19-42)34-11-8-31(34)24-43-25-38(14-4-7-29-22-32(40)10-12-33(29)38)26-49-36-13-9-30(23-35(36)43)37(44)41-50(46,47)28(27)2/h3,9-10,12-13,15,22-23,27-28,31,34,45H,4,6-8,11,14,17-21,24-26H2,1-2H3,(H,41,44)/b15-3+/t27-,28+,31-,34+,38-,39+/m0/s1. The second-order valence-corrected chi connectivity index (χ2v) is 17.5. The molecular formula is C39H48ClN3O6S. The fraction of sp³-hybridized carbons (Fsp3) is 0.564. The number of halogens is 1. The number of hydrogen-bond donors (Lipinski definition) is 2. The van der Waals surface area contributed by atoms with E-state index in [-0.39, 0.29) is 28.7 Å². The number of allylic oxidation sites excluding steroid dienone is 1. The summed E-state index contributed by atoms with van der Waals surface area (Å²) in [5.41, 5.74) is 1.79. The maximum absolute atomic E-state index is 13.5. The Kier molecular flexibility index (Phi) is 10.0. The highest BCUT2D eigenvalue weighted by Crippen LogP contribution is 2.48. The van der Waals surface area contributed by atoms with Crippen LogP contribution in [0.4, 0.5) is 5.69 Å². The molecule has 2 aromatic carbocycles. The first kappa shape index (κ1) is 35.3. The predicted octanol–water partition coefficient (Wildman–Crippen LogP) is 4.95. The van der Waals surface area contributed by atoms with Crippen LogP contribution in [0.3, 0.4) is 0 Å². The van der Waals surface area contributed by atoms with Gasteiger partial charge in [-0.2, -0.15) is 0 Å². The van der Waals surface area contributed by atoms with Gasteiger partial charge in [0.1, 0.15) is 11.4 Å². The Balaban J connectivity index is 1.29. The predicted molar refractivity (Wildman–Crippen MR) is 195 cm³/mol. The van der Waals surface area contributed by atoms with E-state index in [9.17, 15) is 18.3 Å². The first-order valence-corrected chi connectivity index (χ1v) is 20.0. The molecule has 2 aromatic rings. The molecule has 6 atom stereocenters. The van der Waals surface area contributed by atoms with E-state index in [2.05, 4.69) is 38.5 Å². The Labute approximate surface area is 301 Å². The number of fused-ring (bicyclic) bond motifs is 4. The summed E-state index contributed by atoms with van der Waals surface area (Å²) < 4.78 is 41.3. The van der Waals surface area contributed by atoms with Crippen LogP contribution in [0.5, 0.6) is 5.75 Å². The maximum Gasteiger partial charge on any atom is 0.264 e. The molecule has 11 heteroatoms. The lowest BCUT2D eigenvalue weighted by atomic mass is 9.64. The van der Waals surface area contributed by atoms with Crippen molar-refractivity contribution in [2.24, 2.45) is 17.8 Å². The Bertz CT molecular complexity index is 1820. The van der Waals surface area contributed by atoms with Crippen molar-refractivity contribution in [1.29, 1.82) is 0 Å². The molecule has 9 nitrogen and oxygen atoms in total. The zero-order valence-corrected chi connectivity index (χ0v) is 30.6. The minimum Gasteiger partial charge on any atom is -0.490 e. The molecular weight excluding hydrogens is 674 g/mol. The molecule has 2 fully saturated rings. The molecule has 3 heterocycles. The minimum absolute atomic E-state index is 0.118. The van der Waals surface area contributed by atoms with Crippen molar-refractivity contribution in [3.05, 3.63) is 70.3 Å². The van der Waals surface area contributed by atoms with Crippen LogP contribution in [0, 0.1) is 29.6 Å². The summed E-state index contributed by atoms with van der Waals surface area (Å²) >= 11 is 6.45. The molecule has 0 radical (unpaired) electrons. The second kappa shape index (κ2) is 14.2. The van der Waals surface area contributed by atoms with Gasteiger partial charge in [0.2, 0.25) is 10.0 Å². The zero-order chi connectivity index (χ0) is 35.1. The van der Waals surface area contributed by atoms with Crippen molar-refractivity contribution in [2.45, 2.75) is 68.6 Å². The number of ether oxygens (including phenoxy) is 2. The van der Waals surface area contributed by atoms with Gasteiger partial charge in [0.05, 0.1) is 37.3 Å². The van der Waals surface area contributed by atoms with Gasteiger partial charge >= 0.3 is 0 Å². The number of sulfonamides is 1. The van der Waals surface area contributed by atoms with Gasteiger partial charge in [-0.3, -0.25) is 9.69 Å². The third-order valence-electron chi connectivity index (χ3n) is 11.8. The number of benzene rings is 2. The van der Waals surface area contributed by atoms with Gasteiger partial charge in [0.25, 0.3) is 5.91 Å². The van der Waals surface area contributed by atoms with Gasteiger partial charge in [0.15, 0.2) is 0 Å². The molecule has 3 aliphatic heterocycles. The van der Waals surface area contributed by atoms with Crippen LogP contribution in [-0.4, -0.2) is 87.7 Å². The van der Waals surface area contributed by atoms with Crippen molar-refractivity contribution in [3.8, 4) is 17.6 Å². The molecule has 0 aromatic heterocycles. The van der Waals surface area contributed by atoms with E-state index >= 15 is 0 Å². The molecule has 268 valence electrons. The van der Waals surface area contributed by atoms with Crippen LogP contribution in [0.25, 0.3) is 0 Å². The lowest BCUT2D eigenvalue weighted by Gasteiger charge is -2.47. The molecule has 1 spiro atoms. The molecule has 2 N–H and O–H groups in total. The Morgan fingerprint density at radius 1 is 1.12 bits per heavy atom. The van der Waals surface area contributed by atoms with Gasteiger partial charge in [-0.25, -0.2) is 13.1 Å². The maximum atomic E-state index is 13.5. The highest BCUT2D eigenvalue weighted by molar-refractivity contribution is 7.90. The summed E-state index contributed by atoms with van der Waals surface area (Å²) in [7, 11) is -4.00. The van der Waals surface area contributed by atoms with Crippen LogP contribution < -0.4 is 14.4 Å². The SMILES string of the molecule is C[C@@H]1[C@@H](C)C/C=C/[C@@](O)(C#CCN2CCOCC2)[C@@H]2CC[C@H]2CN2C[C@@]3(CCCc4cc(Cl)ccc43)COc3ccc(cc32)C(=O)NS1(=O)=O. The van der Waals surface area contributed by atoms with E-state index in [0.29, 0.717) is 51.6 Å². The van der Waals surface area contributed by atoms with Crippen molar-refractivity contribution in [3.63, 3.8) is 0 Å². The average Bonchev–Trinajstić information content (AvgIpc) is 3.22. The highest BCUT2D eigenvalue weighted by Gasteiger charge is 2.48. The summed E-state index contributed by atoms with van der Waals surface area (Å²) in [6.07, 6.45) is 8.73. The molecule has 1 saturated carbocycles. The zero-order valence-electron chi connectivity index (χ0n) is 29.0. The largest absolute Gasteiger partial charge is 0.490 e. The van der Waals surface area contributed by atoms with Crippen molar-refractivity contribution in [2.75, 3.05) is 57.4 Å². The number of carbonyl (C=O) groups excluding carboxylic acids is 1. The number of hydrogen-bond acceptors (Lipinski definition) is 8. The van der Waals surface area contributed by atoms with Crippen LogP contribution in [0.2, 0.25) is 5.02 Å². The first-order chi connectivity index (χ1) is 24.0. The highest BCUT2D eigenvalue weighted by atomic mass is 35.5. The number of anilines is 1. The number of aryl methyl sites for hydroxylation is 1. The fourth-order valence-corrected chi connectivity index (χ4v) is 9.94. The van der Waals surface area contributed by atoms with E-state index in [0.717, 1.165) is 55.9 Å². The van der Waals surface area contributed by atoms with E-state index in [1.807, 2.05) is 19.1 Å². The number of nitrogens with one attached hydrogen (secondary N) is 1. The Morgan fingerprint density at radius 3 is 2.72 bits per heavy atom. The second-order valence-electron chi connectivity index (χ2n) is 15.0. The summed E-state index contributed by atoms with van der Waals surface area (Å²) in [4.78, 5) is 18.1. The average molecular weight is 722 g/mol. The van der Waals surface area contributed by atoms with Gasteiger partial charge in [-0.05, 0) is 105 Å². The number of amides is 1. The van der Waals surface area contributed by atoms with E-state index in [1.54, 1.807) is 31.2 Å². The fourth-order valence-electron chi connectivity index (χ4n) is 8.46. The van der Waals surface area contributed by atoms with Crippen LogP contribution >= 0.6 is 11.6 Å². The summed E-state index contributed by atoms with van der Waals surface area (Å²) in [6.45, 7) is 8.74. The first-order valence-electron chi connectivity index (χ1n) is 18.0. The molecule has 5 aliphatic rings. The number of nitrogens with zero attached hydrogens (tertiary/aromatic N) is 2. The van der Waals surface area contributed by atoms with E-state index < -0.39 is 26.8 Å². The minimum atomic E-state index is -4.00. The van der Waals surface area contributed by atoms with Gasteiger partial charge in [-0.1, -0.05) is 42.5 Å². The third kappa shape index (κ3) is 7.05. The summed E-state index contributed by atoms with van der Waals surface area (Å²) in [6, 6.07) is 11.4. The smallest absolute Gasteiger partial charge is 0.264 e. The Hall–Kier alpha value is -3.07. The molecule has 2 bridgehead atoms. The monoisotopic (exact) mass is 721 g/mol. The number of aliphatic hydroxyl groups is 1. The van der Waals surface area contributed by atoms with E-state index in [4.69, 9.17) is 21.1 Å². The van der Waals surface area contributed by atoms with Crippen LogP contribution in [0.15, 0.2) is 48.6 Å². The van der Waals surface area contributed by atoms with Crippen molar-refractivity contribution in [1.82, 2.24) is 9.62 Å².